The second kappa shape index (κ2) is 11.8. The zero-order valence-electron chi connectivity index (χ0n) is 20.2. The van der Waals surface area contributed by atoms with Crippen LogP contribution in [-0.2, 0) is 26.2 Å². The first-order valence-corrected chi connectivity index (χ1v) is 13.0. The zero-order chi connectivity index (χ0) is 24.6. The summed E-state index contributed by atoms with van der Waals surface area (Å²) in [4.78, 5) is 27.3. The molecule has 0 bridgehead atoms. The van der Waals surface area contributed by atoms with E-state index < -0.39 is 16.1 Å². The highest BCUT2D eigenvalue weighted by Crippen LogP contribution is 2.21. The van der Waals surface area contributed by atoms with E-state index in [4.69, 9.17) is 0 Å². The molecule has 0 unspecified atom stereocenters. The number of anilines is 1. The molecule has 0 fully saturated rings. The summed E-state index contributed by atoms with van der Waals surface area (Å²) >= 11 is 0. The van der Waals surface area contributed by atoms with E-state index in [-0.39, 0.29) is 24.8 Å². The fourth-order valence-electron chi connectivity index (χ4n) is 3.88. The minimum Gasteiger partial charge on any atom is -0.357 e. The molecule has 180 valence electrons. The lowest BCUT2D eigenvalue weighted by Crippen LogP contribution is -2.48. The van der Waals surface area contributed by atoms with Gasteiger partial charge in [-0.2, -0.15) is 0 Å². The summed E-state index contributed by atoms with van der Waals surface area (Å²) < 4.78 is 26.1. The third-order valence-corrected chi connectivity index (χ3v) is 6.70. The van der Waals surface area contributed by atoms with Gasteiger partial charge in [-0.15, -0.1) is 0 Å². The van der Waals surface area contributed by atoms with Crippen LogP contribution < -0.4 is 9.62 Å². The number of nitrogens with zero attached hydrogens (tertiary/aromatic N) is 2. The standard InChI is InChI=1S/C25H35N3O4S/c1-6-23(25(30)26-4)27(18-21-12-7-10-19(2)16-21)24(29)14-9-15-28(33(5,31)32)22-13-8-11-20(3)17-22/h7-8,10-13,16-17,23H,6,9,14-15,18H2,1-5H3,(H,26,30)/t23-/m0/s1. The van der Waals surface area contributed by atoms with E-state index in [1.807, 2.05) is 63.2 Å². The van der Waals surface area contributed by atoms with Gasteiger partial charge in [-0.3, -0.25) is 13.9 Å². The van der Waals surface area contributed by atoms with Crippen LogP contribution in [-0.4, -0.2) is 51.0 Å². The monoisotopic (exact) mass is 473 g/mol. The van der Waals surface area contributed by atoms with Crippen molar-refractivity contribution in [3.05, 3.63) is 65.2 Å². The maximum atomic E-state index is 13.3. The van der Waals surface area contributed by atoms with Crippen LogP contribution in [0.2, 0.25) is 0 Å². The first-order chi connectivity index (χ1) is 15.6. The molecule has 7 nitrogen and oxygen atoms in total. The van der Waals surface area contributed by atoms with Gasteiger partial charge in [0.05, 0.1) is 11.9 Å². The van der Waals surface area contributed by atoms with Gasteiger partial charge in [0.15, 0.2) is 0 Å². The molecule has 8 heteroatoms. The lowest BCUT2D eigenvalue weighted by atomic mass is 10.1. The lowest BCUT2D eigenvalue weighted by molar-refractivity contribution is -0.141. The Balaban J connectivity index is 2.19. The third-order valence-electron chi connectivity index (χ3n) is 5.51. The Kier molecular flexibility index (Phi) is 9.46. The van der Waals surface area contributed by atoms with Crippen LogP contribution in [0, 0.1) is 13.8 Å². The summed E-state index contributed by atoms with van der Waals surface area (Å²) in [6.45, 7) is 6.26. The molecule has 0 radical (unpaired) electrons. The topological polar surface area (TPSA) is 86.8 Å². The maximum absolute atomic E-state index is 13.3. The highest BCUT2D eigenvalue weighted by molar-refractivity contribution is 7.92. The Labute approximate surface area is 197 Å². The SMILES string of the molecule is CC[C@@H](C(=O)NC)N(Cc1cccc(C)c1)C(=O)CCCN(c1cccc(C)c1)S(C)(=O)=O. The van der Waals surface area contributed by atoms with Crippen molar-refractivity contribution in [2.75, 3.05) is 24.2 Å². The van der Waals surface area contributed by atoms with Crippen LogP contribution in [0.4, 0.5) is 5.69 Å². The molecule has 33 heavy (non-hydrogen) atoms. The quantitative estimate of drug-likeness (QED) is 0.542. The van der Waals surface area contributed by atoms with Crippen LogP contribution in [0.25, 0.3) is 0 Å². The number of hydrogen-bond acceptors (Lipinski definition) is 4. The molecule has 1 N–H and O–H groups in total. The van der Waals surface area contributed by atoms with Gasteiger partial charge in [-0.25, -0.2) is 8.42 Å². The van der Waals surface area contributed by atoms with E-state index >= 15 is 0 Å². The molecule has 0 aliphatic heterocycles. The van der Waals surface area contributed by atoms with E-state index in [0.717, 1.165) is 16.7 Å². The van der Waals surface area contributed by atoms with E-state index in [1.165, 1.54) is 10.6 Å². The summed E-state index contributed by atoms with van der Waals surface area (Å²) in [6.07, 6.45) is 2.13. The van der Waals surface area contributed by atoms with Gasteiger partial charge in [0.25, 0.3) is 0 Å². The van der Waals surface area contributed by atoms with Gasteiger partial charge in [0.2, 0.25) is 21.8 Å². The van der Waals surface area contributed by atoms with Crippen molar-refractivity contribution in [1.82, 2.24) is 10.2 Å². The Bertz CT molecular complexity index is 1070. The number of likely N-dealkylation sites (N-methyl/N-ethyl adjacent to an activating group) is 1. The number of hydrogen-bond donors (Lipinski definition) is 1. The Morgan fingerprint density at radius 2 is 1.67 bits per heavy atom. The molecule has 0 aromatic heterocycles. The third kappa shape index (κ3) is 7.60. The maximum Gasteiger partial charge on any atom is 0.242 e. The molecule has 1 atom stereocenters. The van der Waals surface area contributed by atoms with Gasteiger partial charge in [-0.05, 0) is 49.9 Å². The van der Waals surface area contributed by atoms with Crippen LogP contribution in [0.1, 0.15) is 42.9 Å². The van der Waals surface area contributed by atoms with Gasteiger partial charge in [-0.1, -0.05) is 48.9 Å². The molecule has 2 rings (SSSR count). The van der Waals surface area contributed by atoms with Gasteiger partial charge in [0, 0.05) is 26.6 Å². The van der Waals surface area contributed by atoms with Gasteiger partial charge >= 0.3 is 0 Å². The second-order valence-corrected chi connectivity index (χ2v) is 10.2. The van der Waals surface area contributed by atoms with Crippen molar-refractivity contribution in [2.24, 2.45) is 0 Å². The Morgan fingerprint density at radius 3 is 2.21 bits per heavy atom. The van der Waals surface area contributed by atoms with Gasteiger partial charge < -0.3 is 10.2 Å². The summed E-state index contributed by atoms with van der Waals surface area (Å²) in [5, 5.41) is 2.65. The van der Waals surface area contributed by atoms with Crippen molar-refractivity contribution in [1.29, 1.82) is 0 Å². The van der Waals surface area contributed by atoms with Crippen molar-refractivity contribution >= 4 is 27.5 Å². The average molecular weight is 474 g/mol. The average Bonchev–Trinajstić information content (AvgIpc) is 2.75. The van der Waals surface area contributed by atoms with E-state index in [1.54, 1.807) is 18.0 Å². The smallest absolute Gasteiger partial charge is 0.242 e. The van der Waals surface area contributed by atoms with Gasteiger partial charge in [0.1, 0.15) is 6.04 Å². The number of amides is 2. The molecule has 0 heterocycles. The summed E-state index contributed by atoms with van der Waals surface area (Å²) in [5.74, 6) is -0.388. The Hall–Kier alpha value is -2.87. The number of carbonyl (C=O) groups is 2. The fraction of sp³-hybridized carbons (Fsp3) is 0.440. The molecule has 0 saturated carbocycles. The lowest BCUT2D eigenvalue weighted by Gasteiger charge is -2.31. The predicted molar refractivity (Wildman–Crippen MR) is 132 cm³/mol. The minimum atomic E-state index is -3.50. The zero-order valence-corrected chi connectivity index (χ0v) is 21.0. The fourth-order valence-corrected chi connectivity index (χ4v) is 4.84. The molecule has 0 aliphatic carbocycles. The highest BCUT2D eigenvalue weighted by atomic mass is 32.2. The molecule has 0 saturated heterocycles. The molecule has 2 aromatic rings. The number of aryl methyl sites for hydroxylation is 2. The Morgan fingerprint density at radius 1 is 1.03 bits per heavy atom. The van der Waals surface area contributed by atoms with E-state index in [0.29, 0.717) is 25.1 Å². The second-order valence-electron chi connectivity index (χ2n) is 8.33. The molecule has 0 aliphatic rings. The first-order valence-electron chi connectivity index (χ1n) is 11.2. The first kappa shape index (κ1) is 26.4. The number of nitrogens with one attached hydrogen (secondary N) is 1. The summed E-state index contributed by atoms with van der Waals surface area (Å²) in [5.41, 5.74) is 3.56. The molecule has 0 spiro atoms. The number of benzene rings is 2. The van der Waals surface area contributed by atoms with Crippen molar-refractivity contribution in [2.45, 2.75) is 52.6 Å². The predicted octanol–water partition coefficient (Wildman–Crippen LogP) is 3.40. The van der Waals surface area contributed by atoms with Crippen molar-refractivity contribution < 1.29 is 18.0 Å². The van der Waals surface area contributed by atoms with Crippen LogP contribution >= 0.6 is 0 Å². The number of carbonyl (C=O) groups excluding carboxylic acids is 2. The molecular weight excluding hydrogens is 438 g/mol. The van der Waals surface area contributed by atoms with Crippen molar-refractivity contribution in [3.8, 4) is 0 Å². The molecule has 2 aromatic carbocycles. The van der Waals surface area contributed by atoms with E-state index in [9.17, 15) is 18.0 Å². The molecule has 2 amide bonds. The van der Waals surface area contributed by atoms with Crippen LogP contribution in [0.3, 0.4) is 0 Å². The normalized spacial score (nSPS) is 12.2. The molecular formula is C25H35N3O4S. The largest absolute Gasteiger partial charge is 0.357 e. The number of sulfonamides is 1. The minimum absolute atomic E-state index is 0.136. The van der Waals surface area contributed by atoms with E-state index in [2.05, 4.69) is 5.32 Å². The van der Waals surface area contributed by atoms with Crippen LogP contribution in [0.5, 0.6) is 0 Å². The van der Waals surface area contributed by atoms with Crippen LogP contribution in [0.15, 0.2) is 48.5 Å². The summed E-state index contributed by atoms with van der Waals surface area (Å²) in [6, 6.07) is 14.5. The number of rotatable bonds is 11. The van der Waals surface area contributed by atoms with Crippen molar-refractivity contribution in [3.63, 3.8) is 0 Å². The highest BCUT2D eigenvalue weighted by Gasteiger charge is 2.28. The summed E-state index contributed by atoms with van der Waals surface area (Å²) in [7, 11) is -1.94.